The summed E-state index contributed by atoms with van der Waals surface area (Å²) in [6.07, 6.45) is 6.26. The molecule has 4 nitrogen and oxygen atoms in total. The van der Waals surface area contributed by atoms with Crippen LogP contribution in [0.25, 0.3) is 0 Å². The van der Waals surface area contributed by atoms with Gasteiger partial charge in [-0.25, -0.2) is 4.39 Å². The molecule has 2 aliphatic heterocycles. The van der Waals surface area contributed by atoms with Gasteiger partial charge in [-0.15, -0.1) is 0 Å². The zero-order chi connectivity index (χ0) is 17.4. The number of nitrogens with zero attached hydrogens (tertiary/aromatic N) is 2. The van der Waals surface area contributed by atoms with Gasteiger partial charge in [0.25, 0.3) is 0 Å². The summed E-state index contributed by atoms with van der Waals surface area (Å²) in [6.45, 7) is 2.03. The van der Waals surface area contributed by atoms with Gasteiger partial charge in [0.15, 0.2) is 0 Å². The molecule has 1 spiro atoms. The Morgan fingerprint density at radius 1 is 1.12 bits per heavy atom. The summed E-state index contributed by atoms with van der Waals surface area (Å²) >= 11 is 0. The molecule has 1 saturated carbocycles. The van der Waals surface area contributed by atoms with E-state index in [9.17, 15) is 14.0 Å². The second-order valence-corrected chi connectivity index (χ2v) is 7.86. The molecule has 0 unspecified atom stereocenters. The monoisotopic (exact) mass is 344 g/mol. The fourth-order valence-corrected chi connectivity index (χ4v) is 4.29. The summed E-state index contributed by atoms with van der Waals surface area (Å²) in [7, 11) is 0. The standard InChI is InChI=1S/C20H25FN2O2/c21-17-5-3-16(4-6-17)14-23-18(24)7-8-20(23)9-11-22(12-10-20)19(25)13-15-1-2-15/h3-6,15H,1-2,7-14H2. The van der Waals surface area contributed by atoms with Gasteiger partial charge in [0.05, 0.1) is 0 Å². The molecule has 4 rings (SSSR count). The highest BCUT2D eigenvalue weighted by molar-refractivity contribution is 5.80. The topological polar surface area (TPSA) is 40.6 Å². The minimum Gasteiger partial charge on any atom is -0.343 e. The lowest BCUT2D eigenvalue weighted by atomic mass is 9.84. The molecule has 3 fully saturated rings. The van der Waals surface area contributed by atoms with Gasteiger partial charge in [-0.1, -0.05) is 12.1 Å². The van der Waals surface area contributed by atoms with Crippen LogP contribution in [0.3, 0.4) is 0 Å². The summed E-state index contributed by atoms with van der Waals surface area (Å²) in [5.74, 6) is 0.828. The lowest BCUT2D eigenvalue weighted by Gasteiger charge is -2.45. The van der Waals surface area contributed by atoms with Crippen LogP contribution in [0.5, 0.6) is 0 Å². The van der Waals surface area contributed by atoms with Crippen molar-refractivity contribution in [2.45, 2.75) is 57.0 Å². The Bertz CT molecular complexity index is 661. The molecule has 1 aliphatic carbocycles. The molecule has 1 aromatic rings. The van der Waals surface area contributed by atoms with Crippen molar-refractivity contribution in [1.82, 2.24) is 9.80 Å². The number of likely N-dealkylation sites (tertiary alicyclic amines) is 2. The minimum atomic E-state index is -0.256. The normalized spacial score (nSPS) is 22.7. The van der Waals surface area contributed by atoms with Gasteiger partial charge in [-0.3, -0.25) is 9.59 Å². The predicted octanol–water partition coefficient (Wildman–Crippen LogP) is 3.11. The van der Waals surface area contributed by atoms with Gasteiger partial charge < -0.3 is 9.80 Å². The second-order valence-electron chi connectivity index (χ2n) is 7.86. The van der Waals surface area contributed by atoms with E-state index in [4.69, 9.17) is 0 Å². The van der Waals surface area contributed by atoms with Crippen molar-refractivity contribution in [3.63, 3.8) is 0 Å². The number of carbonyl (C=O) groups is 2. The highest BCUT2D eigenvalue weighted by atomic mass is 19.1. The molecule has 0 bridgehead atoms. The maximum Gasteiger partial charge on any atom is 0.223 e. The van der Waals surface area contributed by atoms with E-state index in [0.717, 1.165) is 37.9 Å². The number of rotatable bonds is 4. The maximum absolute atomic E-state index is 13.1. The number of hydrogen-bond acceptors (Lipinski definition) is 2. The number of piperidine rings is 1. The second kappa shape index (κ2) is 6.43. The molecule has 25 heavy (non-hydrogen) atoms. The largest absolute Gasteiger partial charge is 0.343 e. The summed E-state index contributed by atoms with van der Waals surface area (Å²) in [6, 6.07) is 6.40. The minimum absolute atomic E-state index is 0.123. The van der Waals surface area contributed by atoms with E-state index in [1.807, 2.05) is 9.80 Å². The zero-order valence-corrected chi connectivity index (χ0v) is 14.5. The SMILES string of the molecule is O=C(CC1CC1)N1CCC2(CCC(=O)N2Cc2ccc(F)cc2)CC1. The van der Waals surface area contributed by atoms with Crippen LogP contribution in [0.1, 0.15) is 50.5 Å². The van der Waals surface area contributed by atoms with Crippen molar-refractivity contribution in [3.05, 3.63) is 35.6 Å². The molecule has 0 aromatic heterocycles. The van der Waals surface area contributed by atoms with Crippen LogP contribution in [0.4, 0.5) is 4.39 Å². The molecule has 5 heteroatoms. The molecule has 0 atom stereocenters. The van der Waals surface area contributed by atoms with Gasteiger partial charge in [-0.05, 0) is 55.7 Å². The van der Waals surface area contributed by atoms with Gasteiger partial charge in [0.1, 0.15) is 5.82 Å². The first-order valence-electron chi connectivity index (χ1n) is 9.38. The first-order valence-corrected chi connectivity index (χ1v) is 9.38. The highest BCUT2D eigenvalue weighted by Gasteiger charge is 2.47. The third kappa shape index (κ3) is 3.42. The predicted molar refractivity (Wildman–Crippen MR) is 92.1 cm³/mol. The molecule has 0 N–H and O–H groups in total. The lowest BCUT2D eigenvalue weighted by Crippen LogP contribution is -2.53. The number of benzene rings is 1. The van der Waals surface area contributed by atoms with Crippen molar-refractivity contribution >= 4 is 11.8 Å². The third-order valence-corrected chi connectivity index (χ3v) is 6.14. The Hall–Kier alpha value is -1.91. The van der Waals surface area contributed by atoms with Crippen molar-refractivity contribution in [2.75, 3.05) is 13.1 Å². The zero-order valence-electron chi connectivity index (χ0n) is 14.5. The van der Waals surface area contributed by atoms with E-state index in [-0.39, 0.29) is 23.2 Å². The molecule has 3 aliphatic rings. The lowest BCUT2D eigenvalue weighted by molar-refractivity contribution is -0.137. The average molecular weight is 344 g/mol. The Kier molecular flexibility index (Phi) is 4.26. The van der Waals surface area contributed by atoms with Gasteiger partial charge in [0, 0.05) is 38.0 Å². The van der Waals surface area contributed by atoms with Crippen LogP contribution in [0.15, 0.2) is 24.3 Å². The average Bonchev–Trinajstić information content (AvgIpc) is 3.38. The van der Waals surface area contributed by atoms with Crippen LogP contribution in [-0.4, -0.2) is 40.2 Å². The van der Waals surface area contributed by atoms with Crippen LogP contribution < -0.4 is 0 Å². The van der Waals surface area contributed by atoms with E-state index in [2.05, 4.69) is 0 Å². The van der Waals surface area contributed by atoms with Crippen LogP contribution in [-0.2, 0) is 16.1 Å². The molecule has 2 heterocycles. The Labute approximate surface area is 148 Å². The van der Waals surface area contributed by atoms with E-state index in [1.165, 1.54) is 25.0 Å². The first kappa shape index (κ1) is 16.6. The molecule has 2 amide bonds. The van der Waals surface area contributed by atoms with Crippen LogP contribution in [0, 0.1) is 11.7 Å². The maximum atomic E-state index is 13.1. The first-order chi connectivity index (χ1) is 12.1. The number of amides is 2. The molecular weight excluding hydrogens is 319 g/mol. The smallest absolute Gasteiger partial charge is 0.223 e. The van der Waals surface area contributed by atoms with Crippen LogP contribution >= 0.6 is 0 Å². The summed E-state index contributed by atoms with van der Waals surface area (Å²) in [5, 5.41) is 0. The van der Waals surface area contributed by atoms with Gasteiger partial charge in [0.2, 0.25) is 11.8 Å². The van der Waals surface area contributed by atoms with Crippen LogP contribution in [0.2, 0.25) is 0 Å². The number of halogens is 1. The van der Waals surface area contributed by atoms with Gasteiger partial charge in [-0.2, -0.15) is 0 Å². The van der Waals surface area contributed by atoms with Crippen molar-refractivity contribution in [1.29, 1.82) is 0 Å². The van der Waals surface area contributed by atoms with Crippen molar-refractivity contribution in [3.8, 4) is 0 Å². The van der Waals surface area contributed by atoms with Crippen molar-refractivity contribution in [2.24, 2.45) is 5.92 Å². The van der Waals surface area contributed by atoms with E-state index in [0.29, 0.717) is 25.3 Å². The molecule has 2 saturated heterocycles. The molecule has 1 aromatic carbocycles. The highest BCUT2D eigenvalue weighted by Crippen LogP contribution is 2.41. The quantitative estimate of drug-likeness (QED) is 0.842. The van der Waals surface area contributed by atoms with E-state index < -0.39 is 0 Å². The Balaban J connectivity index is 1.42. The Morgan fingerprint density at radius 3 is 2.44 bits per heavy atom. The van der Waals surface area contributed by atoms with Gasteiger partial charge >= 0.3 is 0 Å². The summed E-state index contributed by atoms with van der Waals surface area (Å²) in [4.78, 5) is 28.8. The molecule has 134 valence electrons. The van der Waals surface area contributed by atoms with E-state index >= 15 is 0 Å². The summed E-state index contributed by atoms with van der Waals surface area (Å²) < 4.78 is 13.1. The number of carbonyl (C=O) groups excluding carboxylic acids is 2. The fraction of sp³-hybridized carbons (Fsp3) is 0.600. The molecule has 0 radical (unpaired) electrons. The number of hydrogen-bond donors (Lipinski definition) is 0. The summed E-state index contributed by atoms with van der Waals surface area (Å²) in [5.41, 5.74) is 0.838. The fourth-order valence-electron chi connectivity index (χ4n) is 4.29. The molecular formula is C20H25FN2O2. The van der Waals surface area contributed by atoms with Crippen molar-refractivity contribution < 1.29 is 14.0 Å². The Morgan fingerprint density at radius 2 is 1.80 bits per heavy atom. The van der Waals surface area contributed by atoms with E-state index in [1.54, 1.807) is 12.1 Å². The third-order valence-electron chi connectivity index (χ3n) is 6.14.